The number of alkyl halides is 1. The van der Waals surface area contributed by atoms with Crippen LogP contribution in [0.2, 0.25) is 0 Å². The first-order valence-electron chi connectivity index (χ1n) is 6.73. The number of rotatable bonds is 3. The quantitative estimate of drug-likeness (QED) is 0.653. The van der Waals surface area contributed by atoms with Crippen LogP contribution in [0.5, 0.6) is 11.6 Å². The van der Waals surface area contributed by atoms with Crippen molar-refractivity contribution in [3.05, 3.63) is 59.4 Å². The summed E-state index contributed by atoms with van der Waals surface area (Å²) < 4.78 is 6.04. The van der Waals surface area contributed by atoms with E-state index >= 15 is 0 Å². The summed E-state index contributed by atoms with van der Waals surface area (Å²) in [5, 5.41) is 0.960. The molecule has 0 saturated carbocycles. The largest absolute Gasteiger partial charge is 0.438 e. The first-order valence-corrected chi connectivity index (χ1v) is 7.27. The zero-order chi connectivity index (χ0) is 14.8. The maximum absolute atomic E-state index is 6.04. The summed E-state index contributed by atoms with van der Waals surface area (Å²) in [6.45, 7) is 3.96. The zero-order valence-electron chi connectivity index (χ0n) is 11.9. The van der Waals surface area contributed by atoms with E-state index in [0.29, 0.717) is 11.8 Å². The molecule has 0 saturated heterocycles. The number of halogens is 1. The normalized spacial score (nSPS) is 10.8. The van der Waals surface area contributed by atoms with Crippen LogP contribution in [0.4, 0.5) is 0 Å². The van der Waals surface area contributed by atoms with Gasteiger partial charge in [-0.3, -0.25) is 4.98 Å². The van der Waals surface area contributed by atoms with E-state index in [2.05, 4.69) is 9.97 Å². The molecule has 0 aliphatic heterocycles. The van der Waals surface area contributed by atoms with Crippen molar-refractivity contribution >= 4 is 22.5 Å². The smallest absolute Gasteiger partial charge is 0.224 e. The van der Waals surface area contributed by atoms with Gasteiger partial charge in [0.2, 0.25) is 5.88 Å². The van der Waals surface area contributed by atoms with Crippen LogP contribution in [0.3, 0.4) is 0 Å². The Morgan fingerprint density at radius 1 is 1.14 bits per heavy atom. The van der Waals surface area contributed by atoms with Gasteiger partial charge in [-0.2, -0.15) is 0 Å². The molecule has 1 aromatic carbocycles. The van der Waals surface area contributed by atoms with E-state index in [1.807, 2.05) is 50.2 Å². The van der Waals surface area contributed by atoms with Crippen molar-refractivity contribution in [2.75, 3.05) is 0 Å². The van der Waals surface area contributed by atoms with Crippen LogP contribution in [0.15, 0.2) is 42.6 Å². The van der Waals surface area contributed by atoms with Gasteiger partial charge in [0.15, 0.2) is 0 Å². The predicted octanol–water partition coefficient (Wildman–Crippen LogP) is 4.78. The molecule has 0 spiro atoms. The Kier molecular flexibility index (Phi) is 3.76. The molecule has 0 bridgehead atoms. The lowest BCUT2D eigenvalue weighted by Crippen LogP contribution is -1.98. The number of hydrogen-bond acceptors (Lipinski definition) is 3. The van der Waals surface area contributed by atoms with Crippen LogP contribution in [0.1, 0.15) is 16.8 Å². The van der Waals surface area contributed by atoms with Gasteiger partial charge in [-0.25, -0.2) is 4.98 Å². The average Bonchev–Trinajstić information content (AvgIpc) is 2.47. The molecule has 0 unspecified atom stereocenters. The third-order valence-electron chi connectivity index (χ3n) is 3.38. The lowest BCUT2D eigenvalue weighted by Gasteiger charge is -2.13. The number of ether oxygens (including phenoxy) is 1. The molecule has 3 aromatic rings. The van der Waals surface area contributed by atoms with Crippen LogP contribution in [0, 0.1) is 13.8 Å². The van der Waals surface area contributed by atoms with E-state index < -0.39 is 0 Å². The first-order chi connectivity index (χ1) is 10.2. The molecule has 0 amide bonds. The summed E-state index contributed by atoms with van der Waals surface area (Å²) in [7, 11) is 0. The molecule has 0 radical (unpaired) electrons. The molecule has 0 N–H and O–H groups in total. The fraction of sp³-hybridized carbons (Fsp3) is 0.176. The Hall–Kier alpha value is -2.13. The Balaban J connectivity index is 2.11. The Morgan fingerprint density at radius 2 is 2.00 bits per heavy atom. The number of fused-ring (bicyclic) bond motifs is 1. The fourth-order valence-electron chi connectivity index (χ4n) is 2.34. The lowest BCUT2D eigenvalue weighted by atomic mass is 10.1. The number of nitrogens with zero attached hydrogens (tertiary/aromatic N) is 2. The Bertz CT molecular complexity index is 797. The second-order valence-electron chi connectivity index (χ2n) is 4.93. The Labute approximate surface area is 128 Å². The second-order valence-corrected chi connectivity index (χ2v) is 5.19. The van der Waals surface area contributed by atoms with E-state index in [9.17, 15) is 0 Å². The van der Waals surface area contributed by atoms with Gasteiger partial charge in [-0.1, -0.05) is 6.07 Å². The first kappa shape index (κ1) is 13.8. The summed E-state index contributed by atoms with van der Waals surface area (Å²) in [6, 6.07) is 11.7. The summed E-state index contributed by atoms with van der Waals surface area (Å²) in [5.41, 5.74) is 3.82. The number of pyridine rings is 2. The van der Waals surface area contributed by atoms with Gasteiger partial charge in [-0.05, 0) is 49.7 Å². The van der Waals surface area contributed by atoms with Crippen molar-refractivity contribution in [3.8, 4) is 11.6 Å². The van der Waals surface area contributed by atoms with Gasteiger partial charge >= 0.3 is 0 Å². The van der Waals surface area contributed by atoms with Crippen molar-refractivity contribution in [1.82, 2.24) is 9.97 Å². The van der Waals surface area contributed by atoms with Crippen LogP contribution in [-0.4, -0.2) is 9.97 Å². The van der Waals surface area contributed by atoms with E-state index in [1.54, 1.807) is 6.20 Å². The minimum absolute atomic E-state index is 0.372. The maximum Gasteiger partial charge on any atom is 0.224 e. The van der Waals surface area contributed by atoms with E-state index in [-0.39, 0.29) is 0 Å². The van der Waals surface area contributed by atoms with Gasteiger partial charge in [0, 0.05) is 22.8 Å². The SMILES string of the molecule is Cc1cc(C)c(CCl)c(Oc2cccc3ncccc23)n1. The third kappa shape index (κ3) is 2.69. The molecular formula is C17H15ClN2O. The highest BCUT2D eigenvalue weighted by molar-refractivity contribution is 6.17. The summed E-state index contributed by atoms with van der Waals surface area (Å²) in [5.74, 6) is 1.68. The van der Waals surface area contributed by atoms with Gasteiger partial charge in [0.25, 0.3) is 0 Å². The molecule has 3 rings (SSSR count). The number of benzene rings is 1. The molecule has 0 aliphatic carbocycles. The van der Waals surface area contributed by atoms with E-state index in [1.165, 1.54) is 0 Å². The monoisotopic (exact) mass is 298 g/mol. The highest BCUT2D eigenvalue weighted by Crippen LogP contribution is 2.31. The molecule has 106 valence electrons. The summed E-state index contributed by atoms with van der Waals surface area (Å²) >= 11 is 6.04. The minimum atomic E-state index is 0.372. The highest BCUT2D eigenvalue weighted by Gasteiger charge is 2.12. The predicted molar refractivity (Wildman–Crippen MR) is 85.1 cm³/mol. The molecule has 0 aliphatic rings. The topological polar surface area (TPSA) is 35.0 Å². The van der Waals surface area contributed by atoms with Crippen molar-refractivity contribution in [1.29, 1.82) is 0 Å². The molecule has 4 heteroatoms. The zero-order valence-corrected chi connectivity index (χ0v) is 12.7. The van der Waals surface area contributed by atoms with Crippen LogP contribution >= 0.6 is 11.6 Å². The van der Waals surface area contributed by atoms with Crippen LogP contribution in [0.25, 0.3) is 10.9 Å². The number of hydrogen-bond donors (Lipinski definition) is 0. The van der Waals surface area contributed by atoms with Crippen LogP contribution in [-0.2, 0) is 5.88 Å². The van der Waals surface area contributed by atoms with Crippen molar-refractivity contribution in [3.63, 3.8) is 0 Å². The molecule has 3 nitrogen and oxygen atoms in total. The highest BCUT2D eigenvalue weighted by atomic mass is 35.5. The summed E-state index contributed by atoms with van der Waals surface area (Å²) in [6.07, 6.45) is 1.77. The molecule has 21 heavy (non-hydrogen) atoms. The number of aromatic nitrogens is 2. The third-order valence-corrected chi connectivity index (χ3v) is 3.65. The van der Waals surface area contributed by atoms with E-state index in [4.69, 9.17) is 16.3 Å². The van der Waals surface area contributed by atoms with Crippen LogP contribution < -0.4 is 4.74 Å². The maximum atomic E-state index is 6.04. The van der Waals surface area contributed by atoms with E-state index in [0.717, 1.165) is 33.5 Å². The molecule has 0 fully saturated rings. The number of aryl methyl sites for hydroxylation is 2. The van der Waals surface area contributed by atoms with Gasteiger partial charge in [0.1, 0.15) is 5.75 Å². The average molecular weight is 299 g/mol. The second kappa shape index (κ2) is 5.70. The van der Waals surface area contributed by atoms with Crippen molar-refractivity contribution in [2.24, 2.45) is 0 Å². The van der Waals surface area contributed by atoms with Gasteiger partial charge in [0.05, 0.1) is 11.4 Å². The molecule has 2 heterocycles. The lowest BCUT2D eigenvalue weighted by molar-refractivity contribution is 0.461. The molecule has 0 atom stereocenters. The van der Waals surface area contributed by atoms with Crippen molar-refractivity contribution in [2.45, 2.75) is 19.7 Å². The fourth-order valence-corrected chi connectivity index (χ4v) is 2.67. The molecule has 2 aromatic heterocycles. The minimum Gasteiger partial charge on any atom is -0.438 e. The van der Waals surface area contributed by atoms with Gasteiger partial charge in [-0.15, -0.1) is 11.6 Å². The standard InChI is InChI=1S/C17H15ClN2O/c1-11-9-12(2)20-17(14(11)10-18)21-16-7-3-6-15-13(16)5-4-8-19-15/h3-9H,10H2,1-2H3. The summed E-state index contributed by atoms with van der Waals surface area (Å²) in [4.78, 5) is 8.81. The molecular weight excluding hydrogens is 284 g/mol. The Morgan fingerprint density at radius 3 is 2.81 bits per heavy atom. The van der Waals surface area contributed by atoms with Crippen molar-refractivity contribution < 1.29 is 4.74 Å². The van der Waals surface area contributed by atoms with Gasteiger partial charge < -0.3 is 4.74 Å².